The van der Waals surface area contributed by atoms with Crippen molar-refractivity contribution in [2.45, 2.75) is 27.7 Å². The topological polar surface area (TPSA) is 0 Å². The molecule has 0 unspecified atom stereocenters. The zero-order valence-corrected chi connectivity index (χ0v) is 6.71. The van der Waals surface area contributed by atoms with Gasteiger partial charge in [-0.25, -0.2) is 0 Å². The van der Waals surface area contributed by atoms with Crippen molar-refractivity contribution < 1.29 is 0 Å². The van der Waals surface area contributed by atoms with Gasteiger partial charge in [0, 0.05) is 5.54 Å². The van der Waals surface area contributed by atoms with Gasteiger partial charge in [-0.3, -0.25) is 0 Å². The lowest BCUT2D eigenvalue weighted by molar-refractivity contribution is 0.505. The monoisotopic (exact) mass is 132 g/mol. The van der Waals surface area contributed by atoms with Crippen LogP contribution in [0.3, 0.4) is 0 Å². The average molecular weight is 133 g/mol. The van der Waals surface area contributed by atoms with Crippen LogP contribution in [-0.4, -0.2) is 0 Å². The summed E-state index contributed by atoms with van der Waals surface area (Å²) in [5.41, 5.74) is 3.10. The maximum absolute atomic E-state index is 5.47. The second-order valence-corrected chi connectivity index (χ2v) is 3.26. The van der Waals surface area contributed by atoms with Crippen molar-refractivity contribution in [2.24, 2.45) is 5.41 Å². The average Bonchev–Trinajstić information content (AvgIpc) is 1.62. The molecule has 0 aliphatic rings. The third-order valence-electron chi connectivity index (χ3n) is 1.35. The van der Waals surface area contributed by atoms with Crippen LogP contribution in [0, 0.1) is 5.41 Å². The summed E-state index contributed by atoms with van der Waals surface area (Å²) in [4.78, 5) is 0. The molecule has 0 fully saturated rings. The fourth-order valence-corrected chi connectivity index (χ4v) is 0.491. The number of rotatable bonds is 0. The highest BCUT2D eigenvalue weighted by atomic mass is 35.5. The maximum atomic E-state index is 5.47. The van der Waals surface area contributed by atoms with Crippen LogP contribution in [-0.2, 0) is 0 Å². The molecule has 0 aliphatic carbocycles. The Hall–Kier alpha value is 0.0300. The zero-order valence-electron chi connectivity index (χ0n) is 5.96. The second-order valence-electron chi connectivity index (χ2n) is 3.04. The van der Waals surface area contributed by atoms with Gasteiger partial charge in [0.15, 0.2) is 0 Å². The van der Waals surface area contributed by atoms with E-state index >= 15 is 0 Å². The molecule has 0 heterocycles. The first-order valence-electron chi connectivity index (χ1n) is 2.76. The lowest BCUT2D eigenvalue weighted by Gasteiger charge is -2.17. The summed E-state index contributed by atoms with van der Waals surface area (Å²) in [5, 5.41) is 0. The Labute approximate surface area is 56.5 Å². The molecule has 0 nitrogen and oxygen atoms in total. The summed E-state index contributed by atoms with van der Waals surface area (Å²) in [7, 11) is 0. The van der Waals surface area contributed by atoms with Gasteiger partial charge in [0.1, 0.15) is 0 Å². The highest BCUT2D eigenvalue weighted by Gasteiger charge is 2.10. The number of hydrogen-bond acceptors (Lipinski definition) is 0. The van der Waals surface area contributed by atoms with E-state index in [0.29, 0.717) is 0 Å². The van der Waals surface area contributed by atoms with E-state index in [-0.39, 0.29) is 5.41 Å². The summed E-state index contributed by atoms with van der Waals surface area (Å²) >= 11 is 5.47. The molecule has 0 amide bonds. The minimum absolute atomic E-state index is 0.238. The Morgan fingerprint density at radius 2 is 1.75 bits per heavy atom. The molecule has 0 N–H and O–H groups in total. The van der Waals surface area contributed by atoms with Gasteiger partial charge in [-0.2, -0.15) is 0 Å². The smallest absolute Gasteiger partial charge is 0.00369 e. The molecule has 0 radical (unpaired) electrons. The third kappa shape index (κ3) is 2.37. The molecule has 8 heavy (non-hydrogen) atoms. The van der Waals surface area contributed by atoms with Crippen molar-refractivity contribution in [3.63, 3.8) is 0 Å². The molecule has 0 rings (SSSR count). The molecule has 0 aromatic heterocycles. The number of allylic oxidation sites excluding steroid dienone is 1. The zero-order chi connectivity index (χ0) is 6.78. The van der Waals surface area contributed by atoms with Gasteiger partial charge >= 0.3 is 0 Å². The van der Waals surface area contributed by atoms with Crippen LogP contribution < -0.4 is 0 Å². The third-order valence-corrected chi connectivity index (χ3v) is 1.67. The predicted molar refractivity (Wildman–Crippen MR) is 39.1 cm³/mol. The molecule has 0 saturated heterocycles. The first kappa shape index (κ1) is 8.03. The number of halogens is 1. The Bertz CT molecular complexity index is 95.4. The van der Waals surface area contributed by atoms with Crippen molar-refractivity contribution in [1.82, 2.24) is 0 Å². The van der Waals surface area contributed by atoms with Crippen molar-refractivity contribution in [3.05, 3.63) is 11.1 Å². The van der Waals surface area contributed by atoms with E-state index in [4.69, 9.17) is 11.6 Å². The fourth-order valence-electron chi connectivity index (χ4n) is 0.164. The molecule has 0 atom stereocenters. The molecular formula is C7H13Cl. The Balaban J connectivity index is 4.03. The van der Waals surface area contributed by atoms with Crippen LogP contribution in [0.4, 0.5) is 0 Å². The molecular weight excluding hydrogens is 120 g/mol. The SMILES string of the molecule is C/C(=C/Cl)C(C)(C)C. The summed E-state index contributed by atoms with van der Waals surface area (Å²) in [6.45, 7) is 8.46. The maximum Gasteiger partial charge on any atom is 0.00369 e. The molecule has 0 aromatic rings. The van der Waals surface area contributed by atoms with Crippen molar-refractivity contribution >= 4 is 11.6 Å². The molecule has 0 aliphatic heterocycles. The van der Waals surface area contributed by atoms with Crippen LogP contribution in [0.2, 0.25) is 0 Å². The van der Waals surface area contributed by atoms with Crippen LogP contribution in [0.25, 0.3) is 0 Å². The van der Waals surface area contributed by atoms with Crippen LogP contribution in [0.15, 0.2) is 11.1 Å². The Morgan fingerprint density at radius 1 is 1.38 bits per heavy atom. The van der Waals surface area contributed by atoms with Gasteiger partial charge in [0.2, 0.25) is 0 Å². The van der Waals surface area contributed by atoms with Crippen molar-refractivity contribution in [3.8, 4) is 0 Å². The Morgan fingerprint density at radius 3 is 1.75 bits per heavy atom. The predicted octanol–water partition coefficient (Wildman–Crippen LogP) is 3.18. The summed E-state index contributed by atoms with van der Waals surface area (Å²) in [5.74, 6) is 0. The van der Waals surface area contributed by atoms with Crippen LogP contribution in [0.5, 0.6) is 0 Å². The van der Waals surface area contributed by atoms with Crippen LogP contribution in [0.1, 0.15) is 27.7 Å². The highest BCUT2D eigenvalue weighted by molar-refractivity contribution is 6.25. The summed E-state index contributed by atoms with van der Waals surface area (Å²) in [6, 6.07) is 0. The summed E-state index contributed by atoms with van der Waals surface area (Å²) < 4.78 is 0. The summed E-state index contributed by atoms with van der Waals surface area (Å²) in [6.07, 6.45) is 0. The van der Waals surface area contributed by atoms with Gasteiger partial charge in [0.25, 0.3) is 0 Å². The molecule has 0 aromatic carbocycles. The Kier molecular flexibility index (Phi) is 2.55. The van der Waals surface area contributed by atoms with Gasteiger partial charge in [-0.05, 0) is 12.3 Å². The van der Waals surface area contributed by atoms with Gasteiger partial charge in [-0.15, -0.1) is 0 Å². The van der Waals surface area contributed by atoms with E-state index in [9.17, 15) is 0 Å². The fraction of sp³-hybridized carbons (Fsp3) is 0.714. The molecule has 48 valence electrons. The first-order valence-corrected chi connectivity index (χ1v) is 3.19. The molecule has 0 bridgehead atoms. The number of hydrogen-bond donors (Lipinski definition) is 0. The van der Waals surface area contributed by atoms with E-state index < -0.39 is 0 Å². The standard InChI is InChI=1S/C7H13Cl/c1-6(5-8)7(2,3)4/h5H,1-4H3/b6-5-. The van der Waals surface area contributed by atoms with E-state index in [1.807, 2.05) is 6.92 Å². The molecule has 1 heteroatoms. The first-order chi connectivity index (χ1) is 3.48. The van der Waals surface area contributed by atoms with Gasteiger partial charge < -0.3 is 0 Å². The normalized spacial score (nSPS) is 14.4. The van der Waals surface area contributed by atoms with Gasteiger partial charge in [-0.1, -0.05) is 37.9 Å². The van der Waals surface area contributed by atoms with Crippen LogP contribution >= 0.6 is 11.6 Å². The second kappa shape index (κ2) is 2.54. The van der Waals surface area contributed by atoms with E-state index in [0.717, 1.165) is 0 Å². The largest absolute Gasteiger partial charge is 0.0930 e. The quantitative estimate of drug-likeness (QED) is 0.475. The minimum Gasteiger partial charge on any atom is -0.0930 e. The van der Waals surface area contributed by atoms with Crippen molar-refractivity contribution in [2.75, 3.05) is 0 Å². The van der Waals surface area contributed by atoms with E-state index in [1.165, 1.54) is 5.57 Å². The lowest BCUT2D eigenvalue weighted by Crippen LogP contribution is -2.05. The van der Waals surface area contributed by atoms with Gasteiger partial charge in [0.05, 0.1) is 0 Å². The highest BCUT2D eigenvalue weighted by Crippen LogP contribution is 2.24. The lowest BCUT2D eigenvalue weighted by atomic mass is 9.89. The molecule has 0 saturated carbocycles. The van der Waals surface area contributed by atoms with E-state index in [1.54, 1.807) is 5.54 Å². The van der Waals surface area contributed by atoms with Crippen molar-refractivity contribution in [1.29, 1.82) is 0 Å². The molecule has 0 spiro atoms. The minimum atomic E-state index is 0.238. The van der Waals surface area contributed by atoms with E-state index in [2.05, 4.69) is 20.8 Å².